The predicted molar refractivity (Wildman–Crippen MR) is 118 cm³/mol. The van der Waals surface area contributed by atoms with Crippen LogP contribution in [0, 0.1) is 0 Å². The lowest BCUT2D eigenvalue weighted by molar-refractivity contribution is -0.133. The van der Waals surface area contributed by atoms with Crippen molar-refractivity contribution in [1.29, 1.82) is 0 Å². The number of unbranched alkanes of at least 4 members (excludes halogenated alkanes) is 4. The number of halogens is 1. The van der Waals surface area contributed by atoms with Crippen molar-refractivity contribution >= 4 is 29.2 Å². The Hall–Kier alpha value is -1.75. The van der Waals surface area contributed by atoms with Crippen LogP contribution in [-0.2, 0) is 4.79 Å². The van der Waals surface area contributed by atoms with Crippen molar-refractivity contribution in [3.05, 3.63) is 29.3 Å². The van der Waals surface area contributed by atoms with E-state index in [-0.39, 0.29) is 11.9 Å². The molecule has 0 saturated carbocycles. The molecule has 158 valence electrons. The van der Waals surface area contributed by atoms with Crippen LogP contribution >= 0.6 is 11.6 Å². The van der Waals surface area contributed by atoms with Crippen molar-refractivity contribution in [2.24, 2.45) is 0 Å². The Balaban J connectivity index is 2.73. The molecule has 2 N–H and O–H groups in total. The molecule has 3 amide bonds. The molecule has 0 aliphatic carbocycles. The number of rotatable bonds is 13. The molecule has 0 heterocycles. The predicted octanol–water partition coefficient (Wildman–Crippen LogP) is 5.84. The number of anilines is 1. The van der Waals surface area contributed by atoms with Gasteiger partial charge in [-0.1, -0.05) is 70.5 Å². The summed E-state index contributed by atoms with van der Waals surface area (Å²) < 4.78 is 0. The quantitative estimate of drug-likeness (QED) is 0.402. The topological polar surface area (TPSA) is 61.4 Å². The number of nitrogens with one attached hydrogen (secondary N) is 2. The molecule has 1 aromatic carbocycles. The molecule has 1 aromatic rings. The molecule has 1 unspecified atom stereocenters. The lowest BCUT2D eigenvalue weighted by atomic mass is 10.1. The molecule has 0 aromatic heterocycles. The molecule has 0 aliphatic rings. The highest BCUT2D eigenvalue weighted by Crippen LogP contribution is 2.15. The van der Waals surface area contributed by atoms with Gasteiger partial charge in [-0.15, -0.1) is 0 Å². The van der Waals surface area contributed by atoms with Crippen LogP contribution in [-0.4, -0.2) is 36.0 Å². The minimum atomic E-state index is -0.507. The molecule has 5 nitrogen and oxygen atoms in total. The summed E-state index contributed by atoms with van der Waals surface area (Å²) in [5.41, 5.74) is 0.607. The van der Waals surface area contributed by atoms with Crippen LogP contribution in [0.5, 0.6) is 0 Å². The Morgan fingerprint density at radius 1 is 1.00 bits per heavy atom. The summed E-state index contributed by atoms with van der Waals surface area (Å²) in [6.07, 6.45) is 7.91. The summed E-state index contributed by atoms with van der Waals surface area (Å²) in [4.78, 5) is 27.5. The van der Waals surface area contributed by atoms with Gasteiger partial charge in [0.05, 0.1) is 0 Å². The molecule has 0 fully saturated rings. The van der Waals surface area contributed by atoms with Crippen LogP contribution < -0.4 is 10.6 Å². The first kappa shape index (κ1) is 24.3. The third-order valence-corrected chi connectivity index (χ3v) is 4.87. The van der Waals surface area contributed by atoms with E-state index in [0.29, 0.717) is 17.1 Å². The van der Waals surface area contributed by atoms with Crippen molar-refractivity contribution in [2.75, 3.05) is 18.4 Å². The molecule has 0 saturated heterocycles. The average molecular weight is 410 g/mol. The highest BCUT2D eigenvalue weighted by atomic mass is 35.5. The molecule has 0 spiro atoms. The summed E-state index contributed by atoms with van der Waals surface area (Å²) in [5.74, 6) is 0.0234. The Bertz CT molecular complexity index is 585. The number of hydrogen-bond donors (Lipinski definition) is 2. The van der Waals surface area contributed by atoms with Crippen LogP contribution in [0.3, 0.4) is 0 Å². The Labute approximate surface area is 175 Å². The second-order valence-corrected chi connectivity index (χ2v) is 7.63. The van der Waals surface area contributed by atoms with Gasteiger partial charge in [-0.3, -0.25) is 4.79 Å². The fourth-order valence-electron chi connectivity index (χ4n) is 3.10. The van der Waals surface area contributed by atoms with Gasteiger partial charge in [-0.05, 0) is 37.5 Å². The van der Waals surface area contributed by atoms with Crippen molar-refractivity contribution in [1.82, 2.24) is 10.2 Å². The van der Waals surface area contributed by atoms with E-state index in [4.69, 9.17) is 11.6 Å². The molecule has 1 atom stereocenters. The second-order valence-electron chi connectivity index (χ2n) is 7.19. The minimum absolute atomic E-state index is 0.0234. The van der Waals surface area contributed by atoms with E-state index in [9.17, 15) is 9.59 Å². The molecule has 28 heavy (non-hydrogen) atoms. The molecule has 6 heteroatoms. The van der Waals surface area contributed by atoms with E-state index in [1.165, 1.54) is 0 Å². The summed E-state index contributed by atoms with van der Waals surface area (Å²) >= 11 is 5.96. The number of amides is 3. The largest absolute Gasteiger partial charge is 0.341 e. The Morgan fingerprint density at radius 2 is 1.64 bits per heavy atom. The maximum Gasteiger partial charge on any atom is 0.319 e. The van der Waals surface area contributed by atoms with Crippen LogP contribution in [0.1, 0.15) is 72.1 Å². The number of urea groups is 1. The minimum Gasteiger partial charge on any atom is -0.341 e. The highest BCUT2D eigenvalue weighted by molar-refractivity contribution is 6.30. The third-order valence-electron chi connectivity index (χ3n) is 4.64. The number of carbonyl (C=O) groups excluding carboxylic acids is 2. The summed E-state index contributed by atoms with van der Waals surface area (Å²) in [5, 5.41) is 6.18. The maximum absolute atomic E-state index is 13.1. The number of nitrogens with zero attached hydrogens (tertiary/aromatic N) is 1. The summed E-state index contributed by atoms with van der Waals surface area (Å²) in [6, 6.07) is 6.08. The molecule has 1 rings (SSSR count). The van der Waals surface area contributed by atoms with E-state index in [1.54, 1.807) is 24.3 Å². The number of benzene rings is 1. The fraction of sp³-hybridized carbons (Fsp3) is 0.636. The lowest BCUT2D eigenvalue weighted by Crippen LogP contribution is -2.50. The smallest absolute Gasteiger partial charge is 0.319 e. The van der Waals surface area contributed by atoms with E-state index in [2.05, 4.69) is 24.5 Å². The summed E-state index contributed by atoms with van der Waals surface area (Å²) in [6.45, 7) is 7.85. The van der Waals surface area contributed by atoms with Crippen molar-refractivity contribution in [3.63, 3.8) is 0 Å². The monoisotopic (exact) mass is 409 g/mol. The van der Waals surface area contributed by atoms with E-state index in [0.717, 1.165) is 58.0 Å². The highest BCUT2D eigenvalue weighted by Gasteiger charge is 2.25. The van der Waals surface area contributed by atoms with Crippen LogP contribution in [0.15, 0.2) is 24.3 Å². The lowest BCUT2D eigenvalue weighted by Gasteiger charge is -2.28. The Morgan fingerprint density at radius 3 is 2.18 bits per heavy atom. The van der Waals surface area contributed by atoms with Crippen LogP contribution in [0.25, 0.3) is 0 Å². The van der Waals surface area contributed by atoms with Gasteiger partial charge < -0.3 is 15.5 Å². The molecule has 0 radical (unpaired) electrons. The second kappa shape index (κ2) is 14.3. The molecule has 0 bridgehead atoms. The van der Waals surface area contributed by atoms with E-state index >= 15 is 0 Å². The molecule has 0 aliphatic heterocycles. The third kappa shape index (κ3) is 9.45. The van der Waals surface area contributed by atoms with E-state index in [1.807, 2.05) is 11.8 Å². The first-order valence-electron chi connectivity index (χ1n) is 10.6. The Kier molecular flexibility index (Phi) is 12.4. The van der Waals surface area contributed by atoms with Crippen molar-refractivity contribution in [2.45, 2.75) is 78.2 Å². The van der Waals surface area contributed by atoms with Crippen LogP contribution in [0.4, 0.5) is 10.5 Å². The molecular formula is C22H36ClN3O2. The van der Waals surface area contributed by atoms with Gasteiger partial charge in [0.25, 0.3) is 0 Å². The average Bonchev–Trinajstić information content (AvgIpc) is 2.66. The zero-order valence-electron chi connectivity index (χ0n) is 17.6. The normalized spacial score (nSPS) is 11.7. The van der Waals surface area contributed by atoms with Gasteiger partial charge in [0, 0.05) is 23.8 Å². The number of carbonyl (C=O) groups is 2. The van der Waals surface area contributed by atoms with Crippen molar-refractivity contribution < 1.29 is 9.59 Å². The molecular weight excluding hydrogens is 374 g/mol. The van der Waals surface area contributed by atoms with Gasteiger partial charge in [0.15, 0.2) is 0 Å². The van der Waals surface area contributed by atoms with Gasteiger partial charge in [-0.2, -0.15) is 0 Å². The number of hydrogen-bond acceptors (Lipinski definition) is 2. The first-order chi connectivity index (χ1) is 13.5. The summed E-state index contributed by atoms with van der Waals surface area (Å²) in [7, 11) is 0. The fourth-order valence-corrected chi connectivity index (χ4v) is 3.29. The van der Waals surface area contributed by atoms with Gasteiger partial charge >= 0.3 is 6.03 Å². The van der Waals surface area contributed by atoms with Gasteiger partial charge in [0.2, 0.25) is 5.91 Å². The van der Waals surface area contributed by atoms with Crippen LogP contribution in [0.2, 0.25) is 5.02 Å². The zero-order valence-corrected chi connectivity index (χ0v) is 18.4. The van der Waals surface area contributed by atoms with E-state index < -0.39 is 6.04 Å². The SMILES string of the molecule is CCCCCN(CCCCC)C(=O)C(CCC)NC(=O)Nc1cccc(Cl)c1. The standard InChI is InChI=1S/C22H36ClN3O2/c1-4-7-9-15-26(16-10-8-5-2)21(27)20(12-6-3)25-22(28)24-19-14-11-13-18(23)17-19/h11,13-14,17,20H,4-10,12,15-16H2,1-3H3,(H2,24,25,28). The van der Waals surface area contributed by atoms with Gasteiger partial charge in [0.1, 0.15) is 6.04 Å². The first-order valence-corrected chi connectivity index (χ1v) is 11.0. The van der Waals surface area contributed by atoms with Gasteiger partial charge in [-0.25, -0.2) is 4.79 Å². The van der Waals surface area contributed by atoms with Crippen molar-refractivity contribution in [3.8, 4) is 0 Å². The zero-order chi connectivity index (χ0) is 20.8. The maximum atomic E-state index is 13.1.